The van der Waals surface area contributed by atoms with E-state index in [2.05, 4.69) is 26.0 Å². The predicted octanol–water partition coefficient (Wildman–Crippen LogP) is 4.87. The maximum Gasteiger partial charge on any atom is 0.416 e. The van der Waals surface area contributed by atoms with Gasteiger partial charge in [0.2, 0.25) is 0 Å². The molecule has 0 bridgehead atoms. The van der Waals surface area contributed by atoms with Gasteiger partial charge in [0.15, 0.2) is 23.1 Å². The molecule has 7 nitrogen and oxygen atoms in total. The smallest absolute Gasteiger partial charge is 0.416 e. The van der Waals surface area contributed by atoms with E-state index in [9.17, 15) is 36.6 Å². The third-order valence-electron chi connectivity index (χ3n) is 4.75. The van der Waals surface area contributed by atoms with Crippen molar-refractivity contribution in [3.63, 3.8) is 0 Å². The van der Waals surface area contributed by atoms with Gasteiger partial charge in [0, 0.05) is 11.0 Å². The Kier molecular flexibility index (Phi) is 7.92. The summed E-state index contributed by atoms with van der Waals surface area (Å²) in [4.78, 5) is 26.1. The van der Waals surface area contributed by atoms with Crippen LogP contribution in [0.15, 0.2) is 40.0 Å². The molecule has 0 fully saturated rings. The third kappa shape index (κ3) is 5.68. The second kappa shape index (κ2) is 10.4. The highest BCUT2D eigenvalue weighted by Gasteiger charge is 2.36. The first-order valence-electron chi connectivity index (χ1n) is 9.59. The highest BCUT2D eigenvalue weighted by atomic mass is 79.9. The number of rotatable bonds is 7. The van der Waals surface area contributed by atoms with E-state index < -0.39 is 53.4 Å². The number of benzene rings is 2. The number of methoxy groups -OCH3 is 1. The van der Waals surface area contributed by atoms with E-state index in [0.29, 0.717) is 4.47 Å². The van der Waals surface area contributed by atoms with Gasteiger partial charge in [0.1, 0.15) is 5.70 Å². The number of carbonyl (C=O) groups is 2. The number of alkyl halides is 3. The van der Waals surface area contributed by atoms with E-state index in [-0.39, 0.29) is 47.2 Å². The number of anilines is 1. The average molecular weight is 586 g/mol. The lowest BCUT2D eigenvalue weighted by Gasteiger charge is -2.18. The molecule has 14 heteroatoms. The van der Waals surface area contributed by atoms with Crippen LogP contribution in [0.2, 0.25) is 5.02 Å². The summed E-state index contributed by atoms with van der Waals surface area (Å²) in [5.41, 5.74) is -2.11. The minimum Gasteiger partial charge on any atom is -0.466 e. The Morgan fingerprint density at radius 3 is 2.37 bits per heavy atom. The molecule has 3 rings (SSSR count). The third-order valence-corrected chi connectivity index (χ3v) is 5.49. The van der Waals surface area contributed by atoms with Gasteiger partial charge in [-0.15, -0.1) is 0 Å². The minimum atomic E-state index is -5.00. The van der Waals surface area contributed by atoms with Crippen LogP contribution in [0.5, 0.6) is 11.5 Å². The molecule has 1 aliphatic heterocycles. The molecule has 2 aromatic rings. The summed E-state index contributed by atoms with van der Waals surface area (Å²) in [6, 6.07) is 2.68. The molecule has 0 saturated carbocycles. The number of nitrogens with zero attached hydrogens (tertiary/aromatic N) is 1. The lowest BCUT2D eigenvalue weighted by molar-refractivity contribution is -0.138. The number of aliphatic hydroxyl groups is 1. The topological polar surface area (TPSA) is 88.1 Å². The summed E-state index contributed by atoms with van der Waals surface area (Å²) >= 11 is 9.33. The number of esters is 1. The van der Waals surface area contributed by atoms with E-state index in [1.165, 1.54) is 12.1 Å². The zero-order chi connectivity index (χ0) is 26.1. The van der Waals surface area contributed by atoms with Crippen LogP contribution in [-0.4, -0.2) is 48.7 Å². The normalized spacial score (nSPS) is 14.0. The van der Waals surface area contributed by atoms with Gasteiger partial charge >= 0.3 is 12.1 Å². The summed E-state index contributed by atoms with van der Waals surface area (Å²) in [5, 5.41) is 11.6. The number of amides is 1. The Morgan fingerprint density at radius 2 is 1.83 bits per heavy atom. The van der Waals surface area contributed by atoms with Crippen molar-refractivity contribution in [2.45, 2.75) is 6.18 Å². The molecule has 1 aliphatic rings. The highest BCUT2D eigenvalue weighted by molar-refractivity contribution is 9.10. The van der Waals surface area contributed by atoms with Crippen molar-refractivity contribution in [3.05, 3.63) is 62.2 Å². The molecule has 0 unspecified atom stereocenters. The van der Waals surface area contributed by atoms with Crippen LogP contribution in [0.3, 0.4) is 0 Å². The second-order valence-corrected chi connectivity index (χ2v) is 8.38. The summed E-state index contributed by atoms with van der Waals surface area (Å²) in [7, 11) is 1.09. The molecular weight excluding hydrogens is 571 g/mol. The molecule has 0 radical (unpaired) electrons. The van der Waals surface area contributed by atoms with E-state index in [1.807, 2.05) is 0 Å². The van der Waals surface area contributed by atoms with Gasteiger partial charge in [0.25, 0.3) is 5.91 Å². The van der Waals surface area contributed by atoms with E-state index >= 15 is 0 Å². The van der Waals surface area contributed by atoms with Gasteiger partial charge in [0.05, 0.1) is 42.1 Å². The molecule has 0 atom stereocenters. The minimum absolute atomic E-state index is 0.0590. The molecule has 0 aliphatic carbocycles. The van der Waals surface area contributed by atoms with E-state index in [4.69, 9.17) is 16.3 Å². The zero-order valence-electron chi connectivity index (χ0n) is 17.6. The van der Waals surface area contributed by atoms with Gasteiger partial charge in [-0.1, -0.05) is 27.5 Å². The fraction of sp³-hybridized carbons (Fsp3) is 0.238. The zero-order valence-corrected chi connectivity index (χ0v) is 19.9. The molecule has 0 aromatic heterocycles. The number of carbonyl (C=O) groups excluding carboxylic acids is 2. The Labute approximate surface area is 208 Å². The van der Waals surface area contributed by atoms with Crippen LogP contribution in [0.1, 0.15) is 5.56 Å². The predicted molar refractivity (Wildman–Crippen MR) is 117 cm³/mol. The fourth-order valence-electron chi connectivity index (χ4n) is 3.16. The van der Waals surface area contributed by atoms with Crippen molar-refractivity contribution >= 4 is 45.1 Å². The maximum atomic E-state index is 14.4. The Balaban J connectivity index is 2.07. The second-order valence-electron chi connectivity index (χ2n) is 7.05. The first kappa shape index (κ1) is 26.7. The highest BCUT2D eigenvalue weighted by Crippen LogP contribution is 2.43. The molecule has 35 heavy (non-hydrogen) atoms. The lowest BCUT2D eigenvalue weighted by atomic mass is 10.2. The monoisotopic (exact) mass is 584 g/mol. The molecule has 1 heterocycles. The number of aliphatic hydroxyl groups excluding tert-OH is 1. The standard InChI is InChI=1S/C21H15BrClF5N2O5/c1-34-20(33)11-8-30(2-3-31)19(32)16(11)29-15-7-10(22)6-12(23)17(15)35-18-13(24)4-9(5-14(18)25)21(26,27)28/h4-7,29,31H,2-3,8H2,1H3. The molecule has 2 N–H and O–H groups in total. The van der Waals surface area contributed by atoms with Crippen LogP contribution < -0.4 is 10.1 Å². The van der Waals surface area contributed by atoms with Crippen molar-refractivity contribution in [1.29, 1.82) is 0 Å². The summed E-state index contributed by atoms with van der Waals surface area (Å²) in [6.45, 7) is -0.694. The van der Waals surface area contributed by atoms with Crippen molar-refractivity contribution in [2.75, 3.05) is 32.1 Å². The molecule has 2 aromatic carbocycles. The first-order chi connectivity index (χ1) is 16.4. The van der Waals surface area contributed by atoms with E-state index in [1.54, 1.807) is 0 Å². The average Bonchev–Trinajstić information content (AvgIpc) is 3.06. The van der Waals surface area contributed by atoms with Crippen LogP contribution in [0.4, 0.5) is 27.6 Å². The van der Waals surface area contributed by atoms with E-state index in [0.717, 1.165) is 12.0 Å². The van der Waals surface area contributed by atoms with Crippen molar-refractivity contribution < 1.29 is 46.1 Å². The number of β-amino-alcohol motifs (C(OH)–C–C–N with tert-alkyl or cyclic N) is 1. The van der Waals surface area contributed by atoms with Crippen LogP contribution in [0, 0.1) is 11.6 Å². The van der Waals surface area contributed by atoms with Crippen LogP contribution >= 0.6 is 27.5 Å². The molecule has 0 spiro atoms. The fourth-order valence-corrected chi connectivity index (χ4v) is 4.01. The Hall–Kier alpha value is -2.90. The number of halogens is 7. The number of ether oxygens (including phenoxy) is 2. The Bertz CT molecular complexity index is 1200. The maximum absolute atomic E-state index is 14.4. The van der Waals surface area contributed by atoms with Gasteiger partial charge in [-0.05, 0) is 24.3 Å². The van der Waals surface area contributed by atoms with Gasteiger partial charge < -0.3 is 24.8 Å². The van der Waals surface area contributed by atoms with Crippen molar-refractivity contribution in [1.82, 2.24) is 4.90 Å². The molecular formula is C21H15BrClF5N2O5. The van der Waals surface area contributed by atoms with Crippen LogP contribution in [0.25, 0.3) is 0 Å². The number of hydrogen-bond donors (Lipinski definition) is 2. The van der Waals surface area contributed by atoms with Crippen molar-refractivity contribution in [2.24, 2.45) is 0 Å². The summed E-state index contributed by atoms with van der Waals surface area (Å²) in [6.07, 6.45) is -5.00. The SMILES string of the molecule is COC(=O)C1=C(Nc2cc(Br)cc(Cl)c2Oc2c(F)cc(C(F)(F)F)cc2F)C(=O)N(CCO)C1. The summed E-state index contributed by atoms with van der Waals surface area (Å²) in [5.74, 6) is -6.48. The lowest BCUT2D eigenvalue weighted by Crippen LogP contribution is -2.31. The quantitative estimate of drug-likeness (QED) is 0.356. The largest absolute Gasteiger partial charge is 0.466 e. The van der Waals surface area contributed by atoms with Gasteiger partial charge in [-0.3, -0.25) is 4.79 Å². The van der Waals surface area contributed by atoms with Gasteiger partial charge in [-0.25, -0.2) is 13.6 Å². The molecule has 0 saturated heterocycles. The molecule has 188 valence electrons. The van der Waals surface area contributed by atoms with Crippen LogP contribution in [-0.2, 0) is 20.5 Å². The Morgan fingerprint density at radius 1 is 1.20 bits per heavy atom. The first-order valence-corrected chi connectivity index (χ1v) is 10.8. The van der Waals surface area contributed by atoms with Gasteiger partial charge in [-0.2, -0.15) is 13.2 Å². The summed E-state index contributed by atoms with van der Waals surface area (Å²) < 4.78 is 77.6. The number of hydrogen-bond acceptors (Lipinski definition) is 6. The molecule has 1 amide bonds. The number of nitrogens with one attached hydrogen (secondary N) is 1. The van der Waals surface area contributed by atoms with Crippen molar-refractivity contribution in [3.8, 4) is 11.5 Å².